The number of hydrogen-bond donors (Lipinski definition) is 1. The van der Waals surface area contributed by atoms with Crippen molar-refractivity contribution in [2.45, 2.75) is 18.6 Å². The third kappa shape index (κ3) is 3.38. The van der Waals surface area contributed by atoms with Crippen molar-refractivity contribution >= 4 is 11.3 Å². The first-order chi connectivity index (χ1) is 15.7. The van der Waals surface area contributed by atoms with E-state index in [1.54, 1.807) is 11.3 Å². The fourth-order valence-electron chi connectivity index (χ4n) is 4.46. The molecule has 4 heteroatoms. The van der Waals surface area contributed by atoms with Gasteiger partial charge in [0.2, 0.25) is 0 Å². The number of nitrogens with zero attached hydrogens (tertiary/aromatic N) is 2. The average Bonchev–Trinajstić information content (AvgIpc) is 3.51. The first-order valence-electron chi connectivity index (χ1n) is 10.6. The first kappa shape index (κ1) is 20.4. The largest absolute Gasteiger partial charge is 0.382 e. The molecule has 5 rings (SSSR count). The van der Waals surface area contributed by atoms with Gasteiger partial charge < -0.3 is 9.67 Å². The third-order valence-corrected chi connectivity index (χ3v) is 6.91. The molecule has 0 aliphatic carbocycles. The van der Waals surface area contributed by atoms with E-state index >= 15 is 0 Å². The van der Waals surface area contributed by atoms with Crippen LogP contribution in [-0.2, 0) is 5.54 Å². The van der Waals surface area contributed by atoms with E-state index in [9.17, 15) is 5.11 Å². The standard InChI is InChI=1S/C28H24N2OS/c1-21-18-32-19-25(21)27(31)26-17-30(20-29-26)28(22-11-5-2-6-12-22,23-13-7-3-8-14-23)24-15-9-4-10-16-24/h2-20,27,31H,1H3. The molecule has 0 bridgehead atoms. The second-order valence-electron chi connectivity index (χ2n) is 7.93. The molecule has 0 saturated carbocycles. The van der Waals surface area contributed by atoms with E-state index in [-0.39, 0.29) is 0 Å². The smallest absolute Gasteiger partial charge is 0.124 e. The molecule has 1 unspecified atom stereocenters. The van der Waals surface area contributed by atoms with Gasteiger partial charge in [0.05, 0.1) is 12.0 Å². The SMILES string of the molecule is Cc1cscc1C(O)c1cn(C(c2ccccc2)(c2ccccc2)c2ccccc2)cn1. The van der Waals surface area contributed by atoms with Crippen molar-refractivity contribution in [3.63, 3.8) is 0 Å². The van der Waals surface area contributed by atoms with Crippen molar-refractivity contribution in [1.82, 2.24) is 9.55 Å². The zero-order chi connectivity index (χ0) is 22.0. The maximum Gasteiger partial charge on any atom is 0.124 e. The predicted octanol–water partition coefficient (Wildman–Crippen LogP) is 6.17. The van der Waals surface area contributed by atoms with Crippen LogP contribution in [0.5, 0.6) is 0 Å². The molecular formula is C28H24N2OS. The molecule has 0 amide bonds. The van der Waals surface area contributed by atoms with Gasteiger partial charge in [-0.25, -0.2) is 4.98 Å². The number of aromatic nitrogens is 2. The Hall–Kier alpha value is -3.47. The van der Waals surface area contributed by atoms with E-state index in [4.69, 9.17) is 0 Å². The highest BCUT2D eigenvalue weighted by molar-refractivity contribution is 7.08. The molecule has 32 heavy (non-hydrogen) atoms. The lowest BCUT2D eigenvalue weighted by Gasteiger charge is -2.37. The van der Waals surface area contributed by atoms with Crippen molar-refractivity contribution in [1.29, 1.82) is 0 Å². The summed E-state index contributed by atoms with van der Waals surface area (Å²) in [5.41, 5.74) is 5.38. The third-order valence-electron chi connectivity index (χ3n) is 6.03. The van der Waals surface area contributed by atoms with Gasteiger partial charge in [-0.15, -0.1) is 0 Å². The van der Waals surface area contributed by atoms with Crippen LogP contribution in [0, 0.1) is 6.92 Å². The van der Waals surface area contributed by atoms with Gasteiger partial charge in [0, 0.05) is 11.8 Å². The summed E-state index contributed by atoms with van der Waals surface area (Å²) in [4.78, 5) is 4.67. The van der Waals surface area contributed by atoms with Gasteiger partial charge in [-0.2, -0.15) is 11.3 Å². The van der Waals surface area contributed by atoms with Crippen molar-refractivity contribution in [2.75, 3.05) is 0 Å². The first-order valence-corrected chi connectivity index (χ1v) is 11.6. The lowest BCUT2D eigenvalue weighted by atomic mass is 9.77. The Bertz CT molecular complexity index is 1200. The van der Waals surface area contributed by atoms with Crippen molar-refractivity contribution < 1.29 is 5.11 Å². The summed E-state index contributed by atoms with van der Waals surface area (Å²) in [5, 5.41) is 15.1. The molecular weight excluding hydrogens is 412 g/mol. The molecule has 5 aromatic rings. The number of imidazole rings is 1. The molecule has 2 heterocycles. The van der Waals surface area contributed by atoms with Gasteiger partial charge in [0.1, 0.15) is 11.6 Å². The number of aryl methyl sites for hydroxylation is 1. The zero-order valence-electron chi connectivity index (χ0n) is 17.8. The monoisotopic (exact) mass is 436 g/mol. The van der Waals surface area contributed by atoms with Crippen LogP contribution in [0.2, 0.25) is 0 Å². The quantitative estimate of drug-likeness (QED) is 0.323. The second-order valence-corrected chi connectivity index (χ2v) is 8.67. The van der Waals surface area contributed by atoms with Gasteiger partial charge in [0.25, 0.3) is 0 Å². The predicted molar refractivity (Wildman–Crippen MR) is 130 cm³/mol. The number of benzene rings is 3. The number of thiophene rings is 1. The Morgan fingerprint density at radius 1 is 0.781 bits per heavy atom. The maximum absolute atomic E-state index is 11.1. The number of rotatable bonds is 6. The van der Waals surface area contributed by atoms with Crippen molar-refractivity contribution in [2.24, 2.45) is 0 Å². The maximum atomic E-state index is 11.1. The van der Waals surface area contributed by atoms with Gasteiger partial charge in [-0.1, -0.05) is 91.0 Å². The summed E-state index contributed by atoms with van der Waals surface area (Å²) >= 11 is 1.60. The topological polar surface area (TPSA) is 38.0 Å². The molecule has 3 nitrogen and oxygen atoms in total. The molecule has 3 aromatic carbocycles. The Kier molecular flexibility index (Phi) is 5.48. The molecule has 1 atom stereocenters. The minimum absolute atomic E-state index is 0.627. The zero-order valence-corrected chi connectivity index (χ0v) is 18.6. The fraction of sp³-hybridized carbons (Fsp3) is 0.107. The van der Waals surface area contributed by atoms with Crippen LogP contribution in [0.15, 0.2) is 114 Å². The highest BCUT2D eigenvalue weighted by Gasteiger charge is 2.38. The van der Waals surface area contributed by atoms with Crippen LogP contribution >= 0.6 is 11.3 Å². The Labute approximate surface area is 192 Å². The summed E-state index contributed by atoms with van der Waals surface area (Å²) < 4.78 is 2.13. The van der Waals surface area contributed by atoms with Gasteiger partial charge in [0.15, 0.2) is 0 Å². The van der Waals surface area contributed by atoms with E-state index in [0.29, 0.717) is 5.69 Å². The highest BCUT2D eigenvalue weighted by Crippen LogP contribution is 2.41. The summed E-state index contributed by atoms with van der Waals surface area (Å²) in [7, 11) is 0. The van der Waals surface area contributed by atoms with E-state index in [1.165, 1.54) is 0 Å². The fourth-order valence-corrected chi connectivity index (χ4v) is 5.33. The average molecular weight is 437 g/mol. The second kappa shape index (κ2) is 8.58. The molecule has 1 N–H and O–H groups in total. The van der Waals surface area contributed by atoms with Gasteiger partial charge >= 0.3 is 0 Å². The van der Waals surface area contributed by atoms with Crippen LogP contribution < -0.4 is 0 Å². The molecule has 0 spiro atoms. The molecule has 0 aliphatic heterocycles. The summed E-state index contributed by atoms with van der Waals surface area (Å²) in [6, 6.07) is 31.4. The molecule has 2 aromatic heterocycles. The van der Waals surface area contributed by atoms with Crippen LogP contribution in [0.3, 0.4) is 0 Å². The van der Waals surface area contributed by atoms with Gasteiger partial charge in [-0.05, 0) is 39.9 Å². The summed E-state index contributed by atoms with van der Waals surface area (Å²) in [5.74, 6) is 0. The van der Waals surface area contributed by atoms with Gasteiger partial charge in [-0.3, -0.25) is 0 Å². The van der Waals surface area contributed by atoms with Crippen molar-refractivity contribution in [3.8, 4) is 0 Å². The molecule has 0 fully saturated rings. The molecule has 0 saturated heterocycles. The Morgan fingerprint density at radius 2 is 1.28 bits per heavy atom. The van der Waals surface area contributed by atoms with E-state index in [1.807, 2.05) is 43.0 Å². The number of aliphatic hydroxyl groups excluding tert-OH is 1. The lowest BCUT2D eigenvalue weighted by molar-refractivity contribution is 0.215. The van der Waals surface area contributed by atoms with Crippen LogP contribution in [0.4, 0.5) is 0 Å². The summed E-state index contributed by atoms with van der Waals surface area (Å²) in [6.07, 6.45) is 3.06. The normalized spacial score (nSPS) is 12.6. The number of aliphatic hydroxyl groups is 1. The van der Waals surface area contributed by atoms with E-state index in [2.05, 4.69) is 87.7 Å². The molecule has 0 aliphatic rings. The van der Waals surface area contributed by atoms with Crippen LogP contribution in [0.25, 0.3) is 0 Å². The minimum Gasteiger partial charge on any atom is -0.382 e. The minimum atomic E-state index is -0.762. The molecule has 158 valence electrons. The van der Waals surface area contributed by atoms with E-state index in [0.717, 1.165) is 27.8 Å². The number of hydrogen-bond acceptors (Lipinski definition) is 3. The van der Waals surface area contributed by atoms with Crippen LogP contribution in [0.1, 0.15) is 39.6 Å². The Balaban J connectivity index is 1.76. The van der Waals surface area contributed by atoms with Crippen molar-refractivity contribution in [3.05, 3.63) is 148 Å². The Morgan fingerprint density at radius 3 is 1.72 bits per heavy atom. The summed E-state index contributed by atoms with van der Waals surface area (Å²) in [6.45, 7) is 2.02. The lowest BCUT2D eigenvalue weighted by Crippen LogP contribution is -2.37. The molecule has 0 radical (unpaired) electrons. The van der Waals surface area contributed by atoms with Crippen LogP contribution in [-0.4, -0.2) is 14.7 Å². The highest BCUT2D eigenvalue weighted by atomic mass is 32.1. The van der Waals surface area contributed by atoms with E-state index < -0.39 is 11.6 Å².